The van der Waals surface area contributed by atoms with Crippen LogP contribution in [0, 0.1) is 17.5 Å². The summed E-state index contributed by atoms with van der Waals surface area (Å²) < 4.78 is 66.9. The van der Waals surface area contributed by atoms with Crippen LogP contribution in [0.25, 0.3) is 0 Å². The topological polar surface area (TPSA) is 52.7 Å². The second kappa shape index (κ2) is 7.83. The van der Waals surface area contributed by atoms with E-state index in [1.54, 1.807) is 23.1 Å². The number of benzene rings is 2. The summed E-state index contributed by atoms with van der Waals surface area (Å²) in [5.41, 5.74) is 0.228. The summed E-state index contributed by atoms with van der Waals surface area (Å²) >= 11 is 5.25. The number of hydrogen-bond acceptors (Lipinski definition) is 3. The number of halogens is 3. The van der Waals surface area contributed by atoms with Gasteiger partial charge in [-0.25, -0.2) is 21.6 Å². The number of nitrogens with one attached hydrogen (secondary N) is 1. The molecular formula is C17H16F3N3O2S2. The monoisotopic (exact) mass is 415 g/mol. The van der Waals surface area contributed by atoms with Crippen molar-refractivity contribution in [3.63, 3.8) is 0 Å². The first-order valence-corrected chi connectivity index (χ1v) is 9.89. The molecule has 1 heterocycles. The lowest BCUT2D eigenvalue weighted by Gasteiger charge is -2.35. The molecule has 10 heteroatoms. The van der Waals surface area contributed by atoms with Gasteiger partial charge < -0.3 is 10.2 Å². The molecule has 2 aromatic rings. The number of piperazine rings is 1. The molecule has 1 aliphatic rings. The van der Waals surface area contributed by atoms with Crippen LogP contribution in [0.15, 0.2) is 47.4 Å². The molecule has 0 saturated carbocycles. The molecule has 144 valence electrons. The van der Waals surface area contributed by atoms with Crippen molar-refractivity contribution < 1.29 is 21.6 Å². The number of thiocarbonyl (C=S) groups is 1. The predicted molar refractivity (Wildman–Crippen MR) is 99.3 cm³/mol. The lowest BCUT2D eigenvalue weighted by molar-refractivity contribution is 0.268. The molecule has 3 rings (SSSR count). The maximum atomic E-state index is 13.9. The highest BCUT2D eigenvalue weighted by Crippen LogP contribution is 2.22. The Kier molecular flexibility index (Phi) is 5.68. The van der Waals surface area contributed by atoms with Crippen LogP contribution in [0.5, 0.6) is 0 Å². The largest absolute Gasteiger partial charge is 0.346 e. The third-order valence-corrected chi connectivity index (χ3v) is 6.45. The van der Waals surface area contributed by atoms with E-state index in [9.17, 15) is 21.6 Å². The Labute approximate surface area is 160 Å². The molecule has 0 spiro atoms. The van der Waals surface area contributed by atoms with E-state index in [1.165, 1.54) is 6.07 Å². The Morgan fingerprint density at radius 2 is 1.63 bits per heavy atom. The summed E-state index contributed by atoms with van der Waals surface area (Å²) in [6, 6.07) is 8.41. The summed E-state index contributed by atoms with van der Waals surface area (Å²) in [6.45, 7) is 0.640. The van der Waals surface area contributed by atoms with E-state index >= 15 is 0 Å². The van der Waals surface area contributed by atoms with E-state index in [1.807, 2.05) is 0 Å². The Balaban J connectivity index is 1.66. The van der Waals surface area contributed by atoms with Gasteiger partial charge in [-0.1, -0.05) is 12.1 Å². The zero-order valence-corrected chi connectivity index (χ0v) is 15.7. The first kappa shape index (κ1) is 19.6. The Morgan fingerprint density at radius 1 is 0.963 bits per heavy atom. The molecule has 0 radical (unpaired) electrons. The number of hydrogen-bond donors (Lipinski definition) is 1. The van der Waals surface area contributed by atoms with Gasteiger partial charge in [0.25, 0.3) is 0 Å². The molecule has 0 atom stereocenters. The van der Waals surface area contributed by atoms with Crippen molar-refractivity contribution in [3.05, 3.63) is 59.9 Å². The molecule has 1 N–H and O–H groups in total. The SMILES string of the molecule is O=S(=O)(c1ccc(F)cc1F)N1CCN(C(=S)Nc2ccccc2F)CC1. The molecule has 1 aliphatic heterocycles. The minimum Gasteiger partial charge on any atom is -0.346 e. The molecular weight excluding hydrogens is 399 g/mol. The van der Waals surface area contributed by atoms with Gasteiger partial charge in [-0.2, -0.15) is 4.31 Å². The normalized spacial score (nSPS) is 15.6. The van der Waals surface area contributed by atoms with Crippen molar-refractivity contribution in [3.8, 4) is 0 Å². The lowest BCUT2D eigenvalue weighted by Crippen LogP contribution is -2.51. The first-order valence-electron chi connectivity index (χ1n) is 8.05. The van der Waals surface area contributed by atoms with Crippen LogP contribution in [-0.2, 0) is 10.0 Å². The Hall–Kier alpha value is -2.17. The minimum absolute atomic E-state index is 0.0677. The standard InChI is InChI=1S/C17H16F3N3O2S2/c18-12-5-6-16(14(20)11-12)27(24,25)23-9-7-22(8-10-23)17(26)21-15-4-2-1-3-13(15)19/h1-6,11H,7-10H2,(H,21,26). The number of para-hydroxylation sites is 1. The van der Waals surface area contributed by atoms with Crippen LogP contribution < -0.4 is 5.32 Å². The van der Waals surface area contributed by atoms with Gasteiger partial charge in [0.1, 0.15) is 22.3 Å². The van der Waals surface area contributed by atoms with E-state index in [-0.39, 0.29) is 37.0 Å². The number of nitrogens with zero attached hydrogens (tertiary/aromatic N) is 2. The quantitative estimate of drug-likeness (QED) is 0.782. The van der Waals surface area contributed by atoms with Gasteiger partial charge in [-0.15, -0.1) is 0 Å². The van der Waals surface area contributed by atoms with Crippen LogP contribution >= 0.6 is 12.2 Å². The fourth-order valence-corrected chi connectivity index (χ4v) is 4.47. The van der Waals surface area contributed by atoms with Gasteiger partial charge in [0.2, 0.25) is 10.0 Å². The first-order chi connectivity index (χ1) is 12.8. The lowest BCUT2D eigenvalue weighted by atomic mass is 10.3. The summed E-state index contributed by atoms with van der Waals surface area (Å²) in [6.07, 6.45) is 0. The van der Waals surface area contributed by atoms with Crippen molar-refractivity contribution in [1.82, 2.24) is 9.21 Å². The average molecular weight is 415 g/mol. The van der Waals surface area contributed by atoms with Crippen LogP contribution in [0.3, 0.4) is 0 Å². The molecule has 0 amide bonds. The molecule has 27 heavy (non-hydrogen) atoms. The summed E-state index contributed by atoms with van der Waals surface area (Å²) in [5, 5.41) is 3.06. The molecule has 0 bridgehead atoms. The van der Waals surface area contributed by atoms with E-state index in [2.05, 4.69) is 5.32 Å². The highest BCUT2D eigenvalue weighted by atomic mass is 32.2. The van der Waals surface area contributed by atoms with Gasteiger partial charge in [0.15, 0.2) is 5.11 Å². The second-order valence-corrected chi connectivity index (χ2v) is 8.17. The van der Waals surface area contributed by atoms with E-state index < -0.39 is 32.4 Å². The van der Waals surface area contributed by atoms with Crippen molar-refractivity contribution in [1.29, 1.82) is 0 Å². The highest BCUT2D eigenvalue weighted by molar-refractivity contribution is 7.89. The highest BCUT2D eigenvalue weighted by Gasteiger charge is 2.31. The molecule has 0 aliphatic carbocycles. The predicted octanol–water partition coefficient (Wildman–Crippen LogP) is 2.81. The van der Waals surface area contributed by atoms with Gasteiger partial charge in [-0.3, -0.25) is 0 Å². The maximum Gasteiger partial charge on any atom is 0.246 e. The van der Waals surface area contributed by atoms with E-state index in [0.717, 1.165) is 16.4 Å². The zero-order chi connectivity index (χ0) is 19.6. The molecule has 1 fully saturated rings. The van der Waals surface area contributed by atoms with Crippen LogP contribution in [0.2, 0.25) is 0 Å². The molecule has 0 unspecified atom stereocenters. The van der Waals surface area contributed by atoms with Crippen molar-refractivity contribution in [2.75, 3.05) is 31.5 Å². The fraction of sp³-hybridized carbons (Fsp3) is 0.235. The van der Waals surface area contributed by atoms with E-state index in [0.29, 0.717) is 6.07 Å². The van der Waals surface area contributed by atoms with Gasteiger partial charge >= 0.3 is 0 Å². The molecule has 0 aromatic heterocycles. The third kappa shape index (κ3) is 4.23. The van der Waals surface area contributed by atoms with Crippen LogP contribution in [0.1, 0.15) is 0 Å². The minimum atomic E-state index is -4.08. The number of anilines is 1. The summed E-state index contributed by atoms with van der Waals surface area (Å²) in [7, 11) is -4.08. The summed E-state index contributed by atoms with van der Waals surface area (Å²) in [5.74, 6) is -2.43. The van der Waals surface area contributed by atoms with Gasteiger partial charge in [0.05, 0.1) is 5.69 Å². The maximum absolute atomic E-state index is 13.9. The fourth-order valence-electron chi connectivity index (χ4n) is 2.71. The third-order valence-electron chi connectivity index (χ3n) is 4.15. The smallest absolute Gasteiger partial charge is 0.246 e. The number of sulfonamides is 1. The molecule has 2 aromatic carbocycles. The van der Waals surface area contributed by atoms with Gasteiger partial charge in [0, 0.05) is 32.2 Å². The van der Waals surface area contributed by atoms with Crippen LogP contribution in [-0.4, -0.2) is 48.9 Å². The van der Waals surface area contributed by atoms with Crippen LogP contribution in [0.4, 0.5) is 18.9 Å². The Morgan fingerprint density at radius 3 is 2.26 bits per heavy atom. The second-order valence-electron chi connectivity index (χ2n) is 5.88. The van der Waals surface area contributed by atoms with Crippen molar-refractivity contribution in [2.24, 2.45) is 0 Å². The number of rotatable bonds is 3. The molecule has 5 nitrogen and oxygen atoms in total. The summed E-state index contributed by atoms with van der Waals surface area (Å²) in [4.78, 5) is 1.14. The van der Waals surface area contributed by atoms with E-state index in [4.69, 9.17) is 12.2 Å². The van der Waals surface area contributed by atoms with Crippen molar-refractivity contribution in [2.45, 2.75) is 4.90 Å². The zero-order valence-electron chi connectivity index (χ0n) is 14.0. The molecule has 1 saturated heterocycles. The van der Waals surface area contributed by atoms with Gasteiger partial charge in [-0.05, 0) is 36.5 Å². The Bertz CT molecular complexity index is 962. The average Bonchev–Trinajstić information content (AvgIpc) is 2.63. The van der Waals surface area contributed by atoms with Crippen molar-refractivity contribution >= 4 is 33.0 Å².